The van der Waals surface area contributed by atoms with Gasteiger partial charge >= 0.3 is 47.9 Å². The van der Waals surface area contributed by atoms with Crippen LogP contribution in [0.5, 0.6) is 0 Å². The van der Waals surface area contributed by atoms with Crippen molar-refractivity contribution < 1.29 is 70.7 Å². The van der Waals surface area contributed by atoms with Crippen LogP contribution in [0.2, 0.25) is 0 Å². The molecule has 1 aliphatic heterocycles. The number of hydrogen-bond acceptors (Lipinski definition) is 2. The Morgan fingerprint density at radius 3 is 1.16 bits per heavy atom. The molecule has 0 radical (unpaired) electrons. The molecule has 0 atom stereocenters. The summed E-state index contributed by atoms with van der Waals surface area (Å²) in [7, 11) is 0. The van der Waals surface area contributed by atoms with Crippen molar-refractivity contribution in [3.63, 3.8) is 0 Å². The van der Waals surface area contributed by atoms with E-state index in [9.17, 15) is 70.7 Å². The number of halogens is 15. The molecule has 0 bridgehead atoms. The lowest BCUT2D eigenvalue weighted by atomic mass is 9.92. The fourth-order valence-electron chi connectivity index (χ4n) is 1.64. The van der Waals surface area contributed by atoms with Crippen LogP contribution in [0.25, 0.3) is 0 Å². The maximum Gasteiger partial charge on any atom is 0.412 e. The van der Waals surface area contributed by atoms with Gasteiger partial charge in [-0.25, -0.2) is 0 Å². The maximum absolute atomic E-state index is 13.1. The largest absolute Gasteiger partial charge is 0.412 e. The Labute approximate surface area is 125 Å². The number of rotatable bonds is 3. The van der Waals surface area contributed by atoms with E-state index in [0.717, 1.165) is 0 Å². The molecule has 2 nitrogen and oxygen atoms in total. The van der Waals surface area contributed by atoms with E-state index in [0.29, 0.717) is 0 Å². The molecule has 1 heterocycles. The Morgan fingerprint density at radius 2 is 0.920 bits per heavy atom. The van der Waals surface area contributed by atoms with Crippen molar-refractivity contribution in [3.05, 3.63) is 0 Å². The zero-order chi connectivity index (χ0) is 20.7. The SMILES string of the molecule is O=C(F)C(F)(F)C(F)(F)N1C(F)(F)C(F)(F)C(F)(F)C(F)(F)C1(F)F. The molecule has 0 aliphatic carbocycles. The third-order valence-electron chi connectivity index (χ3n) is 3.01. The summed E-state index contributed by atoms with van der Waals surface area (Å²) < 4.78 is 193. The number of alkyl halides is 14. The zero-order valence-corrected chi connectivity index (χ0v) is 10.5. The van der Waals surface area contributed by atoms with Gasteiger partial charge in [0.05, 0.1) is 0 Å². The summed E-state index contributed by atoms with van der Waals surface area (Å²) in [6, 6.07) is -28.0. The van der Waals surface area contributed by atoms with Gasteiger partial charge in [0.1, 0.15) is 0 Å². The van der Waals surface area contributed by atoms with Crippen molar-refractivity contribution in [1.82, 2.24) is 4.90 Å². The van der Waals surface area contributed by atoms with E-state index in [4.69, 9.17) is 0 Å². The predicted octanol–water partition coefficient (Wildman–Crippen LogP) is 4.12. The lowest BCUT2D eigenvalue weighted by molar-refractivity contribution is -0.544. The van der Waals surface area contributed by atoms with Crippen LogP contribution in [0.1, 0.15) is 0 Å². The first-order valence-corrected chi connectivity index (χ1v) is 5.21. The normalized spacial score (nSPS) is 27.8. The molecule has 0 spiro atoms. The molecule has 1 saturated heterocycles. The summed E-state index contributed by atoms with van der Waals surface area (Å²) in [5.74, 6) is -30.6. The lowest BCUT2D eigenvalue weighted by Crippen LogP contribution is -2.85. The molecule has 0 amide bonds. The smallest absolute Gasteiger partial charge is 0.254 e. The molecule has 0 aromatic rings. The summed E-state index contributed by atoms with van der Waals surface area (Å²) in [5, 5.41) is 0. The fraction of sp³-hybridized carbons (Fsp3) is 0.875. The second-order valence-electron chi connectivity index (χ2n) is 4.53. The monoisotopic (exact) mass is 411 g/mol. The molecule has 1 rings (SSSR count). The molecule has 148 valence electrons. The second-order valence-corrected chi connectivity index (χ2v) is 4.53. The molecule has 0 unspecified atom stereocenters. The van der Waals surface area contributed by atoms with Crippen molar-refractivity contribution in [2.75, 3.05) is 0 Å². The summed E-state index contributed by atoms with van der Waals surface area (Å²) in [5.41, 5.74) is 0. The summed E-state index contributed by atoms with van der Waals surface area (Å²) in [6.07, 6.45) is 0. The molecule has 0 N–H and O–H groups in total. The van der Waals surface area contributed by atoms with Gasteiger partial charge in [-0.2, -0.15) is 65.9 Å². The summed E-state index contributed by atoms with van der Waals surface area (Å²) in [6.45, 7) is 0. The predicted molar refractivity (Wildman–Crippen MR) is 42.6 cm³/mol. The Hall–Kier alpha value is -1.42. The lowest BCUT2D eigenvalue weighted by Gasteiger charge is -2.53. The first-order valence-electron chi connectivity index (χ1n) is 5.21. The standard InChI is InChI=1S/C8F15NO/c9-1(25)2(10,11)6(18,19)24-7(20,21)4(14,15)3(12,13)5(16,17)8(24,22)23. The van der Waals surface area contributed by atoms with Crippen LogP contribution in [0, 0.1) is 0 Å². The Morgan fingerprint density at radius 1 is 0.640 bits per heavy atom. The van der Waals surface area contributed by atoms with E-state index in [1.165, 1.54) is 0 Å². The Balaban J connectivity index is 3.89. The minimum Gasteiger partial charge on any atom is -0.254 e. The van der Waals surface area contributed by atoms with Crippen molar-refractivity contribution in [1.29, 1.82) is 0 Å². The van der Waals surface area contributed by atoms with Gasteiger partial charge in [0, 0.05) is 0 Å². The Bertz CT molecular complexity index is 550. The van der Waals surface area contributed by atoms with Crippen LogP contribution in [0.15, 0.2) is 0 Å². The molecule has 25 heavy (non-hydrogen) atoms. The first-order chi connectivity index (χ1) is 10.6. The van der Waals surface area contributed by atoms with Crippen LogP contribution >= 0.6 is 0 Å². The van der Waals surface area contributed by atoms with Gasteiger partial charge < -0.3 is 0 Å². The topological polar surface area (TPSA) is 20.3 Å². The average molecular weight is 411 g/mol. The van der Waals surface area contributed by atoms with E-state index in [2.05, 4.69) is 0 Å². The molecule has 17 heteroatoms. The molecule has 1 fully saturated rings. The van der Waals surface area contributed by atoms with Gasteiger partial charge in [0.15, 0.2) is 0 Å². The highest BCUT2D eigenvalue weighted by atomic mass is 19.4. The van der Waals surface area contributed by atoms with Crippen molar-refractivity contribution in [2.45, 2.75) is 41.8 Å². The summed E-state index contributed by atoms with van der Waals surface area (Å²) >= 11 is 0. The van der Waals surface area contributed by atoms with Crippen LogP contribution in [0.3, 0.4) is 0 Å². The molecule has 0 aromatic heterocycles. The van der Waals surface area contributed by atoms with Crippen molar-refractivity contribution in [2.24, 2.45) is 0 Å². The van der Waals surface area contributed by atoms with Crippen molar-refractivity contribution >= 4 is 6.04 Å². The first kappa shape index (κ1) is 21.6. The van der Waals surface area contributed by atoms with Crippen molar-refractivity contribution in [3.8, 4) is 0 Å². The van der Waals surface area contributed by atoms with Gasteiger partial charge in [-0.15, -0.1) is 4.90 Å². The molecule has 0 aromatic carbocycles. The number of piperidine rings is 1. The van der Waals surface area contributed by atoms with Gasteiger partial charge in [-0.3, -0.25) is 4.79 Å². The molecular formula is C8F15NO. The quantitative estimate of drug-likeness (QED) is 0.396. The minimum absolute atomic E-state index is 4.29. The Kier molecular flexibility index (Phi) is 4.19. The number of carbonyl (C=O) groups is 1. The van der Waals surface area contributed by atoms with E-state index >= 15 is 0 Å². The number of carbonyl (C=O) groups excluding carboxylic acids is 1. The van der Waals surface area contributed by atoms with E-state index in [1.54, 1.807) is 0 Å². The number of nitrogens with zero attached hydrogens (tertiary/aromatic N) is 1. The van der Waals surface area contributed by atoms with Gasteiger partial charge in [0.25, 0.3) is 0 Å². The average Bonchev–Trinajstić information content (AvgIpc) is 2.34. The zero-order valence-electron chi connectivity index (χ0n) is 10.5. The third kappa shape index (κ3) is 2.09. The maximum atomic E-state index is 13.1. The van der Waals surface area contributed by atoms with Gasteiger partial charge in [-0.05, 0) is 0 Å². The van der Waals surface area contributed by atoms with Crippen LogP contribution in [-0.2, 0) is 4.79 Å². The molecule has 1 aliphatic rings. The highest BCUT2D eigenvalue weighted by Crippen LogP contribution is 2.67. The van der Waals surface area contributed by atoms with Crippen LogP contribution < -0.4 is 0 Å². The van der Waals surface area contributed by atoms with Gasteiger partial charge in [-0.1, -0.05) is 0 Å². The summed E-state index contributed by atoms with van der Waals surface area (Å²) in [4.78, 5) is 5.40. The third-order valence-corrected chi connectivity index (χ3v) is 3.01. The molecule has 0 saturated carbocycles. The second kappa shape index (κ2) is 4.85. The van der Waals surface area contributed by atoms with Crippen LogP contribution in [-0.4, -0.2) is 52.8 Å². The number of hydrogen-bond donors (Lipinski definition) is 0. The highest BCUT2D eigenvalue weighted by molar-refractivity contribution is 5.77. The van der Waals surface area contributed by atoms with Gasteiger partial charge in [0.2, 0.25) is 0 Å². The van der Waals surface area contributed by atoms with E-state index in [1.807, 2.05) is 0 Å². The number of likely N-dealkylation sites (tertiary alicyclic amines) is 1. The minimum atomic E-state index is -7.79. The fourth-order valence-corrected chi connectivity index (χ4v) is 1.64. The van der Waals surface area contributed by atoms with Crippen LogP contribution in [0.4, 0.5) is 65.9 Å². The van der Waals surface area contributed by atoms with E-state index in [-0.39, 0.29) is 0 Å². The van der Waals surface area contributed by atoms with E-state index < -0.39 is 52.8 Å². The highest BCUT2D eigenvalue weighted by Gasteiger charge is 2.99. The molecular weight excluding hydrogens is 411 g/mol.